The Morgan fingerprint density at radius 2 is 1.95 bits per heavy atom. The summed E-state index contributed by atoms with van der Waals surface area (Å²) in [4.78, 5) is 4.19. The lowest BCUT2D eigenvalue weighted by Crippen LogP contribution is -2.09. The lowest BCUT2D eigenvalue weighted by atomic mass is 9.89. The van der Waals surface area contributed by atoms with Crippen molar-refractivity contribution in [2.45, 2.75) is 19.3 Å². The van der Waals surface area contributed by atoms with Crippen LogP contribution < -0.4 is 10.5 Å². The summed E-state index contributed by atoms with van der Waals surface area (Å²) < 4.78 is 5.47. The van der Waals surface area contributed by atoms with Crippen LogP contribution in [0.15, 0.2) is 48.8 Å². The summed E-state index contributed by atoms with van der Waals surface area (Å²) in [5, 5.41) is 0. The minimum Gasteiger partial charge on any atom is -0.494 e. The second kappa shape index (κ2) is 6.90. The monoisotopic (exact) mass is 256 g/mol. The van der Waals surface area contributed by atoms with Crippen molar-refractivity contribution < 1.29 is 4.74 Å². The van der Waals surface area contributed by atoms with Crippen LogP contribution in [0.2, 0.25) is 0 Å². The summed E-state index contributed by atoms with van der Waals surface area (Å²) in [5.41, 5.74) is 8.19. The minimum atomic E-state index is 0.300. The number of aromatic nitrogens is 1. The van der Waals surface area contributed by atoms with Gasteiger partial charge in [-0.2, -0.15) is 0 Å². The second-order valence-electron chi connectivity index (χ2n) is 4.42. The molecule has 1 heterocycles. The number of nitrogens with zero attached hydrogens (tertiary/aromatic N) is 1. The average molecular weight is 256 g/mol. The van der Waals surface area contributed by atoms with Gasteiger partial charge in [0.15, 0.2) is 0 Å². The largest absolute Gasteiger partial charge is 0.494 e. The van der Waals surface area contributed by atoms with Gasteiger partial charge in [0.2, 0.25) is 0 Å². The molecular weight excluding hydrogens is 236 g/mol. The number of pyridine rings is 1. The highest BCUT2D eigenvalue weighted by molar-refractivity contribution is 5.35. The maximum absolute atomic E-state index is 5.74. The van der Waals surface area contributed by atoms with E-state index in [9.17, 15) is 0 Å². The van der Waals surface area contributed by atoms with Crippen LogP contribution in [0.4, 0.5) is 0 Å². The van der Waals surface area contributed by atoms with Crippen molar-refractivity contribution in [3.63, 3.8) is 0 Å². The smallest absolute Gasteiger partial charge is 0.119 e. The summed E-state index contributed by atoms with van der Waals surface area (Å²) in [6.45, 7) is 3.34. The Bertz CT molecular complexity index is 482. The Morgan fingerprint density at radius 1 is 1.16 bits per heavy atom. The van der Waals surface area contributed by atoms with Gasteiger partial charge in [-0.25, -0.2) is 0 Å². The quantitative estimate of drug-likeness (QED) is 0.864. The molecule has 0 saturated carbocycles. The van der Waals surface area contributed by atoms with E-state index in [2.05, 4.69) is 23.2 Å². The zero-order valence-corrected chi connectivity index (χ0v) is 11.3. The lowest BCUT2D eigenvalue weighted by molar-refractivity contribution is 0.340. The molecule has 3 heteroatoms. The molecule has 0 aliphatic rings. The Labute approximate surface area is 114 Å². The SMILES string of the molecule is CCOc1ccc(C(CCN)c2cccnc2)cc1. The van der Waals surface area contributed by atoms with Crippen molar-refractivity contribution in [1.82, 2.24) is 4.98 Å². The van der Waals surface area contributed by atoms with Crippen LogP contribution in [-0.4, -0.2) is 18.1 Å². The molecule has 1 aromatic carbocycles. The Balaban J connectivity index is 2.24. The molecule has 0 bridgehead atoms. The summed E-state index contributed by atoms with van der Waals surface area (Å²) in [5.74, 6) is 1.21. The highest BCUT2D eigenvalue weighted by atomic mass is 16.5. The fraction of sp³-hybridized carbons (Fsp3) is 0.312. The van der Waals surface area contributed by atoms with Crippen LogP contribution in [0.25, 0.3) is 0 Å². The highest BCUT2D eigenvalue weighted by Crippen LogP contribution is 2.28. The van der Waals surface area contributed by atoms with E-state index < -0.39 is 0 Å². The van der Waals surface area contributed by atoms with Crippen LogP contribution >= 0.6 is 0 Å². The van der Waals surface area contributed by atoms with Gasteiger partial charge >= 0.3 is 0 Å². The first-order chi connectivity index (χ1) is 9.35. The topological polar surface area (TPSA) is 48.1 Å². The lowest BCUT2D eigenvalue weighted by Gasteiger charge is -2.17. The molecule has 2 N–H and O–H groups in total. The fourth-order valence-electron chi connectivity index (χ4n) is 2.24. The second-order valence-corrected chi connectivity index (χ2v) is 4.42. The Hall–Kier alpha value is -1.87. The molecule has 2 aromatic rings. The zero-order chi connectivity index (χ0) is 13.5. The van der Waals surface area contributed by atoms with Gasteiger partial charge in [0, 0.05) is 18.3 Å². The Morgan fingerprint density at radius 3 is 2.53 bits per heavy atom. The third-order valence-corrected chi connectivity index (χ3v) is 3.14. The molecule has 0 amide bonds. The van der Waals surface area contributed by atoms with Gasteiger partial charge in [-0.15, -0.1) is 0 Å². The van der Waals surface area contributed by atoms with Crippen molar-refractivity contribution in [2.75, 3.05) is 13.2 Å². The van der Waals surface area contributed by atoms with E-state index in [0.717, 1.165) is 12.2 Å². The van der Waals surface area contributed by atoms with Crippen molar-refractivity contribution in [3.8, 4) is 5.75 Å². The predicted molar refractivity (Wildman–Crippen MR) is 77.4 cm³/mol. The molecular formula is C16H20N2O. The highest BCUT2D eigenvalue weighted by Gasteiger charge is 2.13. The maximum atomic E-state index is 5.74. The third-order valence-electron chi connectivity index (χ3n) is 3.14. The molecule has 1 unspecified atom stereocenters. The number of rotatable bonds is 6. The molecule has 0 fully saturated rings. The summed E-state index contributed by atoms with van der Waals surface area (Å²) in [6, 6.07) is 12.3. The minimum absolute atomic E-state index is 0.300. The molecule has 0 aliphatic carbocycles. The molecule has 3 nitrogen and oxygen atoms in total. The molecule has 0 spiro atoms. The van der Waals surface area contributed by atoms with E-state index in [1.165, 1.54) is 11.1 Å². The van der Waals surface area contributed by atoms with Crippen LogP contribution in [0.5, 0.6) is 5.75 Å². The number of hydrogen-bond acceptors (Lipinski definition) is 3. The molecule has 0 radical (unpaired) electrons. The molecule has 19 heavy (non-hydrogen) atoms. The number of nitrogens with two attached hydrogens (primary N) is 1. The van der Waals surface area contributed by atoms with Crippen LogP contribution in [0, 0.1) is 0 Å². The first kappa shape index (κ1) is 13.6. The van der Waals surface area contributed by atoms with Crippen molar-refractivity contribution in [1.29, 1.82) is 0 Å². The van der Waals surface area contributed by atoms with Crippen molar-refractivity contribution in [2.24, 2.45) is 5.73 Å². The third kappa shape index (κ3) is 3.55. The van der Waals surface area contributed by atoms with Crippen LogP contribution in [0.3, 0.4) is 0 Å². The van der Waals surface area contributed by atoms with Gasteiger partial charge in [-0.3, -0.25) is 4.98 Å². The van der Waals surface area contributed by atoms with Crippen LogP contribution in [0.1, 0.15) is 30.4 Å². The first-order valence-corrected chi connectivity index (χ1v) is 6.68. The van der Waals surface area contributed by atoms with Gasteiger partial charge < -0.3 is 10.5 Å². The van der Waals surface area contributed by atoms with Gasteiger partial charge in [-0.1, -0.05) is 18.2 Å². The van der Waals surface area contributed by atoms with Gasteiger partial charge in [0.05, 0.1) is 6.61 Å². The normalized spacial score (nSPS) is 12.1. The van der Waals surface area contributed by atoms with E-state index in [1.807, 2.05) is 31.3 Å². The molecule has 1 aromatic heterocycles. The number of hydrogen-bond donors (Lipinski definition) is 1. The summed E-state index contributed by atoms with van der Waals surface area (Å²) in [7, 11) is 0. The average Bonchev–Trinajstić information content (AvgIpc) is 2.47. The molecule has 1 atom stereocenters. The van der Waals surface area contributed by atoms with Crippen LogP contribution in [-0.2, 0) is 0 Å². The summed E-state index contributed by atoms with van der Waals surface area (Å²) >= 11 is 0. The van der Waals surface area contributed by atoms with E-state index in [1.54, 1.807) is 6.20 Å². The molecule has 2 rings (SSSR count). The standard InChI is InChI=1S/C16H20N2O/c1-2-19-15-7-5-13(6-8-15)16(9-10-17)14-4-3-11-18-12-14/h3-8,11-12,16H,2,9-10,17H2,1H3. The molecule has 0 aliphatic heterocycles. The maximum Gasteiger partial charge on any atom is 0.119 e. The number of benzene rings is 1. The molecule has 0 saturated heterocycles. The van der Waals surface area contributed by atoms with Gasteiger partial charge in [-0.05, 0) is 49.2 Å². The van der Waals surface area contributed by atoms with Crippen molar-refractivity contribution >= 4 is 0 Å². The summed E-state index contributed by atoms with van der Waals surface area (Å²) in [6.07, 6.45) is 4.62. The first-order valence-electron chi connectivity index (χ1n) is 6.68. The van der Waals surface area contributed by atoms with E-state index in [-0.39, 0.29) is 0 Å². The Kier molecular flexibility index (Phi) is 4.93. The van der Waals surface area contributed by atoms with Gasteiger partial charge in [0.25, 0.3) is 0 Å². The van der Waals surface area contributed by atoms with E-state index in [0.29, 0.717) is 19.1 Å². The predicted octanol–water partition coefficient (Wildman–Crippen LogP) is 2.96. The van der Waals surface area contributed by atoms with Gasteiger partial charge in [0.1, 0.15) is 5.75 Å². The van der Waals surface area contributed by atoms with E-state index in [4.69, 9.17) is 10.5 Å². The molecule has 100 valence electrons. The van der Waals surface area contributed by atoms with E-state index >= 15 is 0 Å². The number of ether oxygens (including phenoxy) is 1. The zero-order valence-electron chi connectivity index (χ0n) is 11.3. The van der Waals surface area contributed by atoms with Crippen molar-refractivity contribution in [3.05, 3.63) is 59.9 Å². The fourth-order valence-corrected chi connectivity index (χ4v) is 2.24.